The standard InChI is InChI=1S/C22H32NO3/c1-2-22(23(25)26)20-18-16-14-12-10-8-6-4-3-5-7-9-11-13-15-17-19-21-24/h3-4,7-10,14,16,20H,2,5-6,11-13,15,17-19H2,1H3/b4-3+,9-7+,10-8+,16-14+,22-20-. The SMILES string of the molecule is CC/C(=C/C/C=C/C/C=C/C/C=C/C/C=C/CCCCC[C]=O)[N+](=O)[O-]. The van der Waals surface area contributed by atoms with Crippen molar-refractivity contribution in [2.75, 3.05) is 0 Å². The maximum Gasteiger partial charge on any atom is 0.242 e. The van der Waals surface area contributed by atoms with Crippen molar-refractivity contribution < 1.29 is 9.72 Å². The second-order valence-electron chi connectivity index (χ2n) is 5.88. The first-order valence-corrected chi connectivity index (χ1v) is 9.50. The van der Waals surface area contributed by atoms with Crippen LogP contribution < -0.4 is 0 Å². The van der Waals surface area contributed by atoms with Gasteiger partial charge in [-0.25, -0.2) is 0 Å². The van der Waals surface area contributed by atoms with Gasteiger partial charge in [0.15, 0.2) is 6.29 Å². The number of hydrogen-bond acceptors (Lipinski definition) is 3. The van der Waals surface area contributed by atoms with Gasteiger partial charge in [-0.15, -0.1) is 0 Å². The molecule has 0 aromatic rings. The highest BCUT2D eigenvalue weighted by Gasteiger charge is 2.03. The highest BCUT2D eigenvalue weighted by Crippen LogP contribution is 2.04. The molecule has 0 aliphatic carbocycles. The first kappa shape index (κ1) is 23.8. The van der Waals surface area contributed by atoms with Crippen molar-refractivity contribution in [3.8, 4) is 0 Å². The van der Waals surface area contributed by atoms with E-state index >= 15 is 0 Å². The van der Waals surface area contributed by atoms with Crippen LogP contribution in [0.4, 0.5) is 0 Å². The highest BCUT2D eigenvalue weighted by molar-refractivity contribution is 5.50. The van der Waals surface area contributed by atoms with Crippen molar-refractivity contribution in [1.29, 1.82) is 0 Å². The third-order valence-corrected chi connectivity index (χ3v) is 3.72. The Kier molecular flexibility index (Phi) is 17.5. The van der Waals surface area contributed by atoms with E-state index in [0.29, 0.717) is 19.3 Å². The molecule has 0 N–H and O–H groups in total. The Morgan fingerprint density at radius 3 is 1.88 bits per heavy atom. The minimum atomic E-state index is -0.315. The van der Waals surface area contributed by atoms with Crippen molar-refractivity contribution in [3.63, 3.8) is 0 Å². The van der Waals surface area contributed by atoms with Gasteiger partial charge in [-0.2, -0.15) is 0 Å². The zero-order valence-corrected chi connectivity index (χ0v) is 15.9. The van der Waals surface area contributed by atoms with Crippen LogP contribution in [-0.4, -0.2) is 11.2 Å². The van der Waals surface area contributed by atoms with Gasteiger partial charge in [-0.1, -0.05) is 62.0 Å². The van der Waals surface area contributed by atoms with Gasteiger partial charge in [0.1, 0.15) is 0 Å². The Labute approximate surface area is 158 Å². The Morgan fingerprint density at radius 2 is 1.38 bits per heavy atom. The molecule has 0 unspecified atom stereocenters. The zero-order chi connectivity index (χ0) is 19.3. The van der Waals surface area contributed by atoms with E-state index in [1.807, 2.05) is 18.4 Å². The van der Waals surface area contributed by atoms with Gasteiger partial charge < -0.3 is 0 Å². The van der Waals surface area contributed by atoms with E-state index < -0.39 is 0 Å². The van der Waals surface area contributed by atoms with Crippen LogP contribution in [0.2, 0.25) is 0 Å². The summed E-state index contributed by atoms with van der Waals surface area (Å²) in [5.74, 6) is 0. The summed E-state index contributed by atoms with van der Waals surface area (Å²) in [6, 6.07) is 0. The van der Waals surface area contributed by atoms with Crippen LogP contribution in [0.15, 0.2) is 60.4 Å². The second kappa shape index (κ2) is 19.1. The number of allylic oxidation sites excluding steroid dienone is 10. The average molecular weight is 359 g/mol. The molecule has 0 aliphatic rings. The normalized spacial score (nSPS) is 12.9. The van der Waals surface area contributed by atoms with Crippen LogP contribution >= 0.6 is 0 Å². The Hall–Kier alpha value is -2.23. The molecule has 0 rings (SSSR count). The molecule has 26 heavy (non-hydrogen) atoms. The van der Waals surface area contributed by atoms with Gasteiger partial charge in [-0.3, -0.25) is 14.9 Å². The molecule has 4 heteroatoms. The molecule has 0 aliphatic heterocycles. The molecule has 1 radical (unpaired) electrons. The fourth-order valence-corrected chi connectivity index (χ4v) is 2.22. The lowest BCUT2D eigenvalue weighted by Crippen LogP contribution is -1.96. The summed E-state index contributed by atoms with van der Waals surface area (Å²) in [5.41, 5.74) is 0.279. The van der Waals surface area contributed by atoms with Crippen molar-refractivity contribution in [1.82, 2.24) is 0 Å². The fourth-order valence-electron chi connectivity index (χ4n) is 2.22. The average Bonchev–Trinajstić information content (AvgIpc) is 2.63. The lowest BCUT2D eigenvalue weighted by atomic mass is 10.1. The maximum absolute atomic E-state index is 10.6. The topological polar surface area (TPSA) is 60.2 Å². The third kappa shape index (κ3) is 16.6. The third-order valence-electron chi connectivity index (χ3n) is 3.72. The highest BCUT2D eigenvalue weighted by atomic mass is 16.6. The molecular weight excluding hydrogens is 326 g/mol. The van der Waals surface area contributed by atoms with E-state index in [1.165, 1.54) is 0 Å². The Morgan fingerprint density at radius 1 is 0.846 bits per heavy atom. The molecule has 0 atom stereocenters. The molecule has 143 valence electrons. The number of hydrogen-bond donors (Lipinski definition) is 0. The summed E-state index contributed by atoms with van der Waals surface area (Å²) in [7, 11) is 0. The van der Waals surface area contributed by atoms with Crippen molar-refractivity contribution in [2.24, 2.45) is 0 Å². The number of nitrogens with zero attached hydrogens (tertiary/aromatic N) is 1. The van der Waals surface area contributed by atoms with E-state index in [2.05, 4.69) is 36.5 Å². The van der Waals surface area contributed by atoms with Crippen molar-refractivity contribution >= 4 is 6.29 Å². The largest absolute Gasteiger partial charge is 0.291 e. The number of unbranched alkanes of at least 4 members (excludes halogenated alkanes) is 4. The van der Waals surface area contributed by atoms with Gasteiger partial charge in [-0.05, 0) is 51.0 Å². The predicted octanol–water partition coefficient (Wildman–Crippen LogP) is 6.40. The van der Waals surface area contributed by atoms with E-state index in [-0.39, 0.29) is 10.6 Å². The van der Waals surface area contributed by atoms with Crippen LogP contribution in [0.3, 0.4) is 0 Å². The number of rotatable bonds is 16. The molecule has 0 fully saturated rings. The minimum Gasteiger partial charge on any atom is -0.291 e. The smallest absolute Gasteiger partial charge is 0.242 e. The molecule has 0 aromatic heterocycles. The van der Waals surface area contributed by atoms with Crippen LogP contribution in [-0.2, 0) is 4.79 Å². The second-order valence-corrected chi connectivity index (χ2v) is 5.88. The lowest BCUT2D eigenvalue weighted by Gasteiger charge is -1.92. The van der Waals surface area contributed by atoms with Crippen molar-refractivity contribution in [3.05, 3.63) is 70.5 Å². The molecule has 0 saturated carbocycles. The minimum absolute atomic E-state index is 0.279. The van der Waals surface area contributed by atoms with Gasteiger partial charge in [0, 0.05) is 12.8 Å². The maximum atomic E-state index is 10.6. The zero-order valence-electron chi connectivity index (χ0n) is 15.9. The van der Waals surface area contributed by atoms with E-state index in [0.717, 1.165) is 44.9 Å². The first-order chi connectivity index (χ1) is 12.7. The molecule has 0 bridgehead atoms. The summed E-state index contributed by atoms with van der Waals surface area (Å²) >= 11 is 0. The summed E-state index contributed by atoms with van der Waals surface area (Å²) in [4.78, 5) is 20.3. The molecule has 0 amide bonds. The van der Waals surface area contributed by atoms with Gasteiger partial charge in [0.25, 0.3) is 0 Å². The Bertz CT molecular complexity index is 513. The first-order valence-electron chi connectivity index (χ1n) is 9.50. The lowest BCUT2D eigenvalue weighted by molar-refractivity contribution is -0.427. The molecule has 0 aromatic carbocycles. The summed E-state index contributed by atoms with van der Waals surface area (Å²) < 4.78 is 0. The monoisotopic (exact) mass is 358 g/mol. The van der Waals surface area contributed by atoms with Crippen LogP contribution in [0.25, 0.3) is 0 Å². The summed E-state index contributed by atoms with van der Waals surface area (Å²) in [6.07, 6.45) is 29.1. The molecule has 0 spiro atoms. The van der Waals surface area contributed by atoms with Crippen LogP contribution in [0.5, 0.6) is 0 Å². The van der Waals surface area contributed by atoms with Crippen LogP contribution in [0, 0.1) is 10.1 Å². The predicted molar refractivity (Wildman–Crippen MR) is 109 cm³/mol. The van der Waals surface area contributed by atoms with Crippen molar-refractivity contribution in [2.45, 2.75) is 71.1 Å². The van der Waals surface area contributed by atoms with Gasteiger partial charge in [0.2, 0.25) is 5.70 Å². The van der Waals surface area contributed by atoms with E-state index in [9.17, 15) is 14.9 Å². The number of nitro groups is 1. The molecule has 0 saturated heterocycles. The summed E-state index contributed by atoms with van der Waals surface area (Å²) in [6.45, 7) is 1.79. The van der Waals surface area contributed by atoms with Crippen LogP contribution in [0.1, 0.15) is 71.1 Å². The molecule has 4 nitrogen and oxygen atoms in total. The molecule has 0 heterocycles. The van der Waals surface area contributed by atoms with E-state index in [1.54, 1.807) is 13.0 Å². The number of carbonyl (C=O) groups excluding carboxylic acids is 1. The Balaban J connectivity index is 3.62. The fraction of sp³-hybridized carbons (Fsp3) is 0.500. The van der Waals surface area contributed by atoms with Gasteiger partial charge >= 0.3 is 0 Å². The quantitative estimate of drug-likeness (QED) is 0.139. The summed E-state index contributed by atoms with van der Waals surface area (Å²) in [5, 5.41) is 10.6. The van der Waals surface area contributed by atoms with E-state index in [4.69, 9.17) is 0 Å². The van der Waals surface area contributed by atoms with Gasteiger partial charge in [0.05, 0.1) is 4.92 Å². The molecular formula is C22H32NO3.